The van der Waals surface area contributed by atoms with E-state index in [4.69, 9.17) is 4.74 Å². The van der Waals surface area contributed by atoms with Crippen LogP contribution in [-0.4, -0.2) is 22.7 Å². The minimum absolute atomic E-state index is 0.106. The minimum Gasteiger partial charge on any atom is -0.478 e. The van der Waals surface area contributed by atoms with Crippen molar-refractivity contribution in [2.75, 3.05) is 6.61 Å². The van der Waals surface area contributed by atoms with Crippen molar-refractivity contribution in [2.45, 2.75) is 13.0 Å². The zero-order chi connectivity index (χ0) is 12.7. The molecule has 3 rings (SSSR count). The van der Waals surface area contributed by atoms with Crippen LogP contribution in [0, 0.1) is 5.82 Å². The van der Waals surface area contributed by atoms with E-state index in [9.17, 15) is 14.3 Å². The molecule has 0 saturated carbocycles. The summed E-state index contributed by atoms with van der Waals surface area (Å²) in [6.45, 7) is 0.752. The zero-order valence-corrected chi connectivity index (χ0v) is 9.44. The number of pyridine rings is 1. The quantitative estimate of drug-likeness (QED) is 0.838. The first-order valence-electron chi connectivity index (χ1n) is 5.59. The Morgan fingerprint density at radius 1 is 1.44 bits per heavy atom. The molecular weight excluding hydrogens is 237 g/mol. The first-order valence-corrected chi connectivity index (χ1v) is 5.59. The maximum absolute atomic E-state index is 13.3. The maximum atomic E-state index is 13.3. The second-order valence-electron chi connectivity index (χ2n) is 4.18. The van der Waals surface area contributed by atoms with Crippen molar-refractivity contribution in [1.82, 2.24) is 4.98 Å². The SMILES string of the molecule is O=C(O)c1c2c(nc3ccc(F)cc13)CCOC2. The van der Waals surface area contributed by atoms with Crippen LogP contribution < -0.4 is 0 Å². The summed E-state index contributed by atoms with van der Waals surface area (Å²) in [7, 11) is 0. The molecule has 0 spiro atoms. The Morgan fingerprint density at radius 3 is 3.06 bits per heavy atom. The van der Waals surface area contributed by atoms with E-state index in [-0.39, 0.29) is 12.2 Å². The first kappa shape index (κ1) is 11.1. The zero-order valence-electron chi connectivity index (χ0n) is 9.44. The molecule has 5 heteroatoms. The number of nitrogens with zero attached hydrogens (tertiary/aromatic N) is 1. The van der Waals surface area contributed by atoms with Crippen molar-refractivity contribution in [2.24, 2.45) is 0 Å². The van der Waals surface area contributed by atoms with Gasteiger partial charge in [-0.25, -0.2) is 9.18 Å². The van der Waals surface area contributed by atoms with E-state index in [1.54, 1.807) is 0 Å². The predicted octanol–water partition coefficient (Wildman–Crippen LogP) is 2.14. The van der Waals surface area contributed by atoms with Gasteiger partial charge in [-0.3, -0.25) is 4.98 Å². The summed E-state index contributed by atoms with van der Waals surface area (Å²) >= 11 is 0. The highest BCUT2D eigenvalue weighted by Gasteiger charge is 2.22. The summed E-state index contributed by atoms with van der Waals surface area (Å²) < 4.78 is 18.5. The third kappa shape index (κ3) is 1.64. The lowest BCUT2D eigenvalue weighted by atomic mass is 9.98. The first-order chi connectivity index (χ1) is 8.66. The van der Waals surface area contributed by atoms with Crippen molar-refractivity contribution in [1.29, 1.82) is 0 Å². The van der Waals surface area contributed by atoms with Crippen LogP contribution in [0.1, 0.15) is 21.6 Å². The van der Waals surface area contributed by atoms with Crippen molar-refractivity contribution in [3.8, 4) is 0 Å². The van der Waals surface area contributed by atoms with Gasteiger partial charge in [0.05, 0.1) is 24.3 Å². The summed E-state index contributed by atoms with van der Waals surface area (Å²) in [4.78, 5) is 15.8. The molecule has 0 aliphatic carbocycles. The van der Waals surface area contributed by atoms with Crippen LogP contribution in [-0.2, 0) is 17.8 Å². The van der Waals surface area contributed by atoms with Crippen LogP contribution >= 0.6 is 0 Å². The number of carbonyl (C=O) groups is 1. The Balaban J connectivity index is 2.41. The molecule has 92 valence electrons. The highest BCUT2D eigenvalue weighted by atomic mass is 19.1. The van der Waals surface area contributed by atoms with Gasteiger partial charge in [0.25, 0.3) is 0 Å². The summed E-state index contributed by atoms with van der Waals surface area (Å²) in [6.07, 6.45) is 0.586. The molecule has 1 aliphatic rings. The highest BCUT2D eigenvalue weighted by molar-refractivity contribution is 6.04. The van der Waals surface area contributed by atoms with Gasteiger partial charge in [0.2, 0.25) is 0 Å². The monoisotopic (exact) mass is 247 g/mol. The molecule has 0 bridgehead atoms. The summed E-state index contributed by atoms with van der Waals surface area (Å²) in [5, 5.41) is 9.65. The molecule has 1 N–H and O–H groups in total. The molecule has 1 aromatic heterocycles. The molecule has 2 aromatic rings. The van der Waals surface area contributed by atoms with Crippen LogP contribution in [0.5, 0.6) is 0 Å². The minimum atomic E-state index is -1.07. The lowest BCUT2D eigenvalue weighted by Crippen LogP contribution is -2.17. The van der Waals surface area contributed by atoms with E-state index in [0.717, 1.165) is 5.69 Å². The molecule has 4 nitrogen and oxygen atoms in total. The standard InChI is InChI=1S/C13H10FNO3/c14-7-1-2-10-8(5-7)12(13(16)17)9-6-18-4-3-11(9)15-10/h1-2,5H,3-4,6H2,(H,16,17). The lowest BCUT2D eigenvalue weighted by Gasteiger charge is -2.19. The number of hydrogen-bond donors (Lipinski definition) is 1. The summed E-state index contributed by atoms with van der Waals surface area (Å²) in [5.74, 6) is -1.54. The normalized spacial score (nSPS) is 14.5. The molecule has 18 heavy (non-hydrogen) atoms. The summed E-state index contributed by atoms with van der Waals surface area (Å²) in [6, 6.07) is 4.00. The largest absolute Gasteiger partial charge is 0.478 e. The number of rotatable bonds is 1. The second-order valence-corrected chi connectivity index (χ2v) is 4.18. The Labute approximate surface area is 102 Å². The molecular formula is C13H10FNO3. The number of benzene rings is 1. The molecule has 0 radical (unpaired) electrons. The molecule has 1 aliphatic heterocycles. The van der Waals surface area contributed by atoms with E-state index in [0.29, 0.717) is 29.5 Å². The Hall–Kier alpha value is -2.01. The number of carboxylic acid groups (broad SMARTS) is 1. The van der Waals surface area contributed by atoms with Gasteiger partial charge in [-0.15, -0.1) is 0 Å². The van der Waals surface area contributed by atoms with Gasteiger partial charge in [-0.2, -0.15) is 0 Å². The van der Waals surface area contributed by atoms with E-state index in [1.807, 2.05) is 0 Å². The van der Waals surface area contributed by atoms with E-state index < -0.39 is 11.8 Å². The van der Waals surface area contributed by atoms with Gasteiger partial charge in [-0.1, -0.05) is 0 Å². The highest BCUT2D eigenvalue weighted by Crippen LogP contribution is 2.27. The number of aromatic nitrogens is 1. The van der Waals surface area contributed by atoms with Crippen molar-refractivity contribution >= 4 is 16.9 Å². The number of fused-ring (bicyclic) bond motifs is 2. The predicted molar refractivity (Wildman–Crippen MR) is 62.0 cm³/mol. The molecule has 0 unspecified atom stereocenters. The van der Waals surface area contributed by atoms with Gasteiger partial charge in [0, 0.05) is 23.1 Å². The Kier molecular flexibility index (Phi) is 2.48. The number of hydrogen-bond acceptors (Lipinski definition) is 3. The fourth-order valence-corrected chi connectivity index (χ4v) is 2.28. The molecule has 2 heterocycles. The van der Waals surface area contributed by atoms with Crippen LogP contribution in [0.15, 0.2) is 18.2 Å². The molecule has 1 aromatic carbocycles. The smallest absolute Gasteiger partial charge is 0.336 e. The van der Waals surface area contributed by atoms with Gasteiger partial charge in [0.15, 0.2) is 0 Å². The number of ether oxygens (including phenoxy) is 1. The fourth-order valence-electron chi connectivity index (χ4n) is 2.28. The fraction of sp³-hybridized carbons (Fsp3) is 0.231. The lowest BCUT2D eigenvalue weighted by molar-refractivity contribution is 0.0683. The molecule has 0 fully saturated rings. The van der Waals surface area contributed by atoms with Gasteiger partial charge in [0.1, 0.15) is 5.82 Å². The van der Waals surface area contributed by atoms with Crippen LogP contribution in [0.3, 0.4) is 0 Å². The van der Waals surface area contributed by atoms with Crippen molar-refractivity contribution in [3.05, 3.63) is 40.8 Å². The van der Waals surface area contributed by atoms with Crippen LogP contribution in [0.4, 0.5) is 4.39 Å². The Morgan fingerprint density at radius 2 is 2.28 bits per heavy atom. The van der Waals surface area contributed by atoms with E-state index >= 15 is 0 Å². The molecule has 0 atom stereocenters. The molecule has 0 saturated heterocycles. The van der Waals surface area contributed by atoms with E-state index in [1.165, 1.54) is 18.2 Å². The summed E-state index contributed by atoms with van der Waals surface area (Å²) in [5.41, 5.74) is 1.91. The number of carboxylic acids is 1. The van der Waals surface area contributed by atoms with Crippen LogP contribution in [0.25, 0.3) is 10.9 Å². The van der Waals surface area contributed by atoms with Crippen LogP contribution in [0.2, 0.25) is 0 Å². The van der Waals surface area contributed by atoms with Gasteiger partial charge < -0.3 is 9.84 Å². The van der Waals surface area contributed by atoms with E-state index in [2.05, 4.69) is 4.98 Å². The Bertz CT molecular complexity index is 654. The number of halogens is 1. The second kappa shape index (κ2) is 4.03. The van der Waals surface area contributed by atoms with Gasteiger partial charge >= 0.3 is 5.97 Å². The maximum Gasteiger partial charge on any atom is 0.336 e. The average Bonchev–Trinajstić information content (AvgIpc) is 2.35. The topological polar surface area (TPSA) is 59.4 Å². The third-order valence-electron chi connectivity index (χ3n) is 3.08. The molecule has 0 amide bonds. The average molecular weight is 247 g/mol. The third-order valence-corrected chi connectivity index (χ3v) is 3.08. The van der Waals surface area contributed by atoms with Gasteiger partial charge in [-0.05, 0) is 18.2 Å². The van der Waals surface area contributed by atoms with Crippen molar-refractivity contribution < 1.29 is 19.0 Å². The number of aromatic carboxylic acids is 1. The van der Waals surface area contributed by atoms with Crippen molar-refractivity contribution in [3.63, 3.8) is 0 Å².